The minimum atomic E-state index is -1.55. The van der Waals surface area contributed by atoms with E-state index in [1.54, 1.807) is 0 Å². The number of halogens is 1. The molecule has 20 heavy (non-hydrogen) atoms. The predicted octanol–water partition coefficient (Wildman–Crippen LogP) is 6.55. The summed E-state index contributed by atoms with van der Waals surface area (Å²) >= 11 is 3.89. The molecule has 0 aromatic carbocycles. The molecule has 0 saturated heterocycles. The Bertz CT molecular complexity index is 320. The van der Waals surface area contributed by atoms with Crippen LogP contribution in [0.4, 0.5) is 0 Å². The number of hydrogen-bond donors (Lipinski definition) is 0. The van der Waals surface area contributed by atoms with E-state index in [-0.39, 0.29) is 0 Å². The average Bonchev–Trinajstić information content (AvgIpc) is 2.38. The smallest absolute Gasteiger partial charge is 0.129 e. The molecular weight excluding hydrogens is 324 g/mol. The van der Waals surface area contributed by atoms with E-state index in [1.807, 2.05) is 0 Å². The molecule has 0 aromatic rings. The van der Waals surface area contributed by atoms with Gasteiger partial charge in [-0.3, -0.25) is 0 Å². The Kier molecular flexibility index (Phi) is 7.36. The summed E-state index contributed by atoms with van der Waals surface area (Å²) in [5.41, 5.74) is 6.08. The molecule has 0 bridgehead atoms. The molecule has 1 rings (SSSR count). The average molecular weight is 357 g/mol. The fourth-order valence-electron chi connectivity index (χ4n) is 4.17. The highest BCUT2D eigenvalue weighted by atomic mass is 79.9. The van der Waals surface area contributed by atoms with Crippen LogP contribution in [-0.2, 0) is 0 Å². The van der Waals surface area contributed by atoms with Crippen LogP contribution in [0.25, 0.3) is 0 Å². The van der Waals surface area contributed by atoms with Gasteiger partial charge in [-0.25, -0.2) is 0 Å². The van der Waals surface area contributed by atoms with Gasteiger partial charge in [-0.2, -0.15) is 0 Å². The molecule has 1 saturated carbocycles. The van der Waals surface area contributed by atoms with Crippen LogP contribution in [0.5, 0.6) is 0 Å². The Morgan fingerprint density at radius 3 is 1.70 bits per heavy atom. The van der Waals surface area contributed by atoms with Gasteiger partial charge in [0.25, 0.3) is 0 Å². The summed E-state index contributed by atoms with van der Waals surface area (Å²) in [5.74, 6) is 4.45. The van der Waals surface area contributed by atoms with Crippen molar-refractivity contribution in [3.8, 4) is 11.5 Å². The molecular formula is C18H33BrSi. The molecule has 0 heterocycles. The summed E-state index contributed by atoms with van der Waals surface area (Å²) in [6.07, 6.45) is 6.95. The summed E-state index contributed by atoms with van der Waals surface area (Å²) in [7, 11) is -1.55. The van der Waals surface area contributed by atoms with Crippen molar-refractivity contribution in [2.45, 2.75) is 95.1 Å². The summed E-state index contributed by atoms with van der Waals surface area (Å²) in [6, 6.07) is 0. The number of alkyl halides is 1. The molecule has 1 aliphatic carbocycles. The summed E-state index contributed by atoms with van der Waals surface area (Å²) in [6.45, 7) is 14.4. The lowest BCUT2D eigenvalue weighted by molar-refractivity contribution is 0.373. The van der Waals surface area contributed by atoms with E-state index in [2.05, 4.69) is 68.9 Å². The van der Waals surface area contributed by atoms with E-state index in [4.69, 9.17) is 0 Å². The van der Waals surface area contributed by atoms with E-state index in [0.717, 1.165) is 22.5 Å². The standard InChI is InChI=1S/C18H33BrSi/c1-14(2)20(15(3)4,16(5)6)13-12-18(19)17-10-8-7-9-11-17/h14-18H,7-11H2,1-6H3. The molecule has 1 aliphatic rings. The van der Waals surface area contributed by atoms with Crippen molar-refractivity contribution in [2.24, 2.45) is 5.92 Å². The Balaban J connectivity index is 2.92. The summed E-state index contributed by atoms with van der Waals surface area (Å²) < 4.78 is 0. The molecule has 0 aliphatic heterocycles. The SMILES string of the molecule is CC(C)[Si](C#CC(Br)C1CCCCC1)(C(C)C)C(C)C. The molecule has 1 atom stereocenters. The lowest BCUT2D eigenvalue weighted by atomic mass is 9.87. The molecule has 0 spiro atoms. The van der Waals surface area contributed by atoms with Gasteiger partial charge in [-0.15, -0.1) is 5.54 Å². The van der Waals surface area contributed by atoms with Crippen molar-refractivity contribution in [2.75, 3.05) is 0 Å². The molecule has 116 valence electrons. The van der Waals surface area contributed by atoms with Crippen LogP contribution >= 0.6 is 15.9 Å². The monoisotopic (exact) mass is 356 g/mol. The van der Waals surface area contributed by atoms with Crippen LogP contribution in [0.1, 0.15) is 73.6 Å². The highest BCUT2D eigenvalue weighted by molar-refractivity contribution is 9.09. The maximum absolute atomic E-state index is 3.89. The van der Waals surface area contributed by atoms with Gasteiger partial charge in [0.2, 0.25) is 0 Å². The first-order valence-corrected chi connectivity index (χ1v) is 11.6. The molecule has 1 unspecified atom stereocenters. The second-order valence-electron chi connectivity index (χ2n) is 7.47. The molecule has 2 heteroatoms. The predicted molar refractivity (Wildman–Crippen MR) is 98.1 cm³/mol. The molecule has 0 N–H and O–H groups in total. The Morgan fingerprint density at radius 1 is 0.850 bits per heavy atom. The van der Waals surface area contributed by atoms with Crippen LogP contribution in [-0.4, -0.2) is 12.9 Å². The fourth-order valence-corrected chi connectivity index (χ4v) is 10.3. The zero-order chi connectivity index (χ0) is 15.3. The van der Waals surface area contributed by atoms with Crippen molar-refractivity contribution in [3.63, 3.8) is 0 Å². The molecule has 1 fully saturated rings. The number of rotatable bonds is 4. The van der Waals surface area contributed by atoms with Crippen LogP contribution in [0.15, 0.2) is 0 Å². The van der Waals surface area contributed by atoms with Gasteiger partial charge < -0.3 is 0 Å². The zero-order valence-electron chi connectivity index (χ0n) is 14.3. The first kappa shape index (κ1) is 18.3. The largest absolute Gasteiger partial charge is 0.146 e. The highest BCUT2D eigenvalue weighted by Gasteiger charge is 2.41. The first-order valence-electron chi connectivity index (χ1n) is 8.49. The highest BCUT2D eigenvalue weighted by Crippen LogP contribution is 2.41. The second-order valence-corrected chi connectivity index (χ2v) is 14.0. The second kappa shape index (κ2) is 8.04. The van der Waals surface area contributed by atoms with Crippen molar-refractivity contribution < 1.29 is 0 Å². The normalized spacial score (nSPS) is 19.3. The fraction of sp³-hybridized carbons (Fsp3) is 0.889. The van der Waals surface area contributed by atoms with E-state index < -0.39 is 8.07 Å². The maximum atomic E-state index is 3.89. The van der Waals surface area contributed by atoms with Gasteiger partial charge in [0.15, 0.2) is 0 Å². The minimum absolute atomic E-state index is 0.422. The summed E-state index contributed by atoms with van der Waals surface area (Å²) in [4.78, 5) is 0.422. The van der Waals surface area contributed by atoms with E-state index in [1.165, 1.54) is 32.1 Å². The molecule has 0 amide bonds. The number of hydrogen-bond acceptors (Lipinski definition) is 0. The third-order valence-corrected chi connectivity index (χ3v) is 12.6. The minimum Gasteiger partial charge on any atom is -0.129 e. The quantitative estimate of drug-likeness (QED) is 0.304. The van der Waals surface area contributed by atoms with E-state index >= 15 is 0 Å². The van der Waals surface area contributed by atoms with Crippen molar-refractivity contribution in [3.05, 3.63) is 0 Å². The molecule has 0 nitrogen and oxygen atoms in total. The van der Waals surface area contributed by atoms with Gasteiger partial charge >= 0.3 is 0 Å². The third-order valence-electron chi connectivity index (χ3n) is 5.36. The van der Waals surface area contributed by atoms with Crippen LogP contribution < -0.4 is 0 Å². The Labute approximate surface area is 136 Å². The third kappa shape index (κ3) is 4.14. The van der Waals surface area contributed by atoms with Gasteiger partial charge in [-0.05, 0) is 35.4 Å². The zero-order valence-corrected chi connectivity index (χ0v) is 16.9. The van der Waals surface area contributed by atoms with Gasteiger partial charge in [0.05, 0.1) is 4.83 Å². The lowest BCUT2D eigenvalue weighted by Gasteiger charge is -2.38. The van der Waals surface area contributed by atoms with E-state index in [0.29, 0.717) is 4.83 Å². The summed E-state index contributed by atoms with van der Waals surface area (Å²) in [5, 5.41) is 0. The van der Waals surface area contributed by atoms with Gasteiger partial charge in [0.1, 0.15) is 8.07 Å². The Hall–Kier alpha value is 0.257. The van der Waals surface area contributed by atoms with Crippen molar-refractivity contribution in [1.29, 1.82) is 0 Å². The van der Waals surface area contributed by atoms with Crippen molar-refractivity contribution in [1.82, 2.24) is 0 Å². The van der Waals surface area contributed by atoms with Crippen LogP contribution in [0.3, 0.4) is 0 Å². The van der Waals surface area contributed by atoms with Crippen molar-refractivity contribution >= 4 is 24.0 Å². The topological polar surface area (TPSA) is 0 Å². The molecule has 0 aromatic heterocycles. The van der Waals surface area contributed by atoms with Gasteiger partial charge in [-0.1, -0.05) is 82.7 Å². The Morgan fingerprint density at radius 2 is 1.30 bits per heavy atom. The maximum Gasteiger partial charge on any atom is 0.146 e. The van der Waals surface area contributed by atoms with Crippen LogP contribution in [0, 0.1) is 17.4 Å². The van der Waals surface area contributed by atoms with E-state index in [9.17, 15) is 0 Å². The molecule has 0 radical (unpaired) electrons. The first-order chi connectivity index (χ1) is 9.32. The van der Waals surface area contributed by atoms with Gasteiger partial charge in [0, 0.05) is 0 Å². The van der Waals surface area contributed by atoms with Crippen LogP contribution in [0.2, 0.25) is 16.6 Å². The lowest BCUT2D eigenvalue weighted by Crippen LogP contribution is -2.43.